The van der Waals surface area contributed by atoms with E-state index in [1.165, 1.54) is 30.6 Å². The summed E-state index contributed by atoms with van der Waals surface area (Å²) in [7, 11) is 0. The molecule has 0 saturated heterocycles. The van der Waals surface area contributed by atoms with Gasteiger partial charge in [0, 0.05) is 42.4 Å². The standard InChI is InChI=1S/C20H15F2N7O2/c21-12-1-3-14(16(22)7-12)20-15(17-10-23-11-27-17)9-26-19(28-20)5-6-24-18-4-2-13(8-25-18)29(30)31/h1-4,7-11H,5-6H2,(H,23,27)(H,24,25). The minimum Gasteiger partial charge on any atom is -0.370 e. The minimum absolute atomic E-state index is 0.103. The van der Waals surface area contributed by atoms with Crippen LogP contribution in [0.15, 0.2) is 55.2 Å². The molecule has 9 nitrogen and oxygen atoms in total. The van der Waals surface area contributed by atoms with Crippen LogP contribution in [0.4, 0.5) is 20.3 Å². The van der Waals surface area contributed by atoms with Crippen molar-refractivity contribution in [3.8, 4) is 22.5 Å². The van der Waals surface area contributed by atoms with Gasteiger partial charge >= 0.3 is 0 Å². The van der Waals surface area contributed by atoms with E-state index in [9.17, 15) is 18.9 Å². The van der Waals surface area contributed by atoms with Gasteiger partial charge in [0.1, 0.15) is 29.5 Å². The molecule has 0 fully saturated rings. The molecule has 11 heteroatoms. The molecule has 31 heavy (non-hydrogen) atoms. The van der Waals surface area contributed by atoms with Gasteiger partial charge in [0.25, 0.3) is 5.69 Å². The minimum atomic E-state index is -0.737. The van der Waals surface area contributed by atoms with Crippen LogP contribution in [0, 0.1) is 21.7 Å². The number of benzene rings is 1. The molecular weight excluding hydrogens is 408 g/mol. The lowest BCUT2D eigenvalue weighted by atomic mass is 10.0. The number of hydrogen-bond donors (Lipinski definition) is 2. The van der Waals surface area contributed by atoms with Gasteiger partial charge in [-0.1, -0.05) is 0 Å². The van der Waals surface area contributed by atoms with Crippen molar-refractivity contribution in [2.45, 2.75) is 6.42 Å². The third-order valence-corrected chi connectivity index (χ3v) is 4.43. The average Bonchev–Trinajstić information content (AvgIpc) is 3.29. The maximum atomic E-state index is 14.5. The van der Waals surface area contributed by atoms with Gasteiger partial charge in [0.05, 0.1) is 28.8 Å². The summed E-state index contributed by atoms with van der Waals surface area (Å²) >= 11 is 0. The highest BCUT2D eigenvalue weighted by molar-refractivity contribution is 5.78. The SMILES string of the molecule is O=[N+]([O-])c1ccc(NCCc2ncc(-c3cnc[nH]3)c(-c3ccc(F)cc3F)n2)nc1. The molecule has 0 atom stereocenters. The number of pyridine rings is 1. The lowest BCUT2D eigenvalue weighted by Gasteiger charge is -2.11. The molecule has 4 rings (SSSR count). The summed E-state index contributed by atoms with van der Waals surface area (Å²) in [5.74, 6) is -0.530. The summed E-state index contributed by atoms with van der Waals surface area (Å²) in [6, 6.07) is 6.14. The molecule has 0 saturated carbocycles. The van der Waals surface area contributed by atoms with E-state index in [0.717, 1.165) is 12.3 Å². The van der Waals surface area contributed by atoms with Gasteiger partial charge in [0.15, 0.2) is 0 Å². The van der Waals surface area contributed by atoms with Gasteiger partial charge < -0.3 is 10.3 Å². The molecule has 0 aliphatic carbocycles. The summed E-state index contributed by atoms with van der Waals surface area (Å²) in [6.45, 7) is 0.388. The Morgan fingerprint density at radius 1 is 1.06 bits per heavy atom. The van der Waals surface area contributed by atoms with Crippen molar-refractivity contribution in [2.24, 2.45) is 0 Å². The van der Waals surface area contributed by atoms with Crippen LogP contribution in [0.2, 0.25) is 0 Å². The van der Waals surface area contributed by atoms with Crippen LogP contribution in [0.5, 0.6) is 0 Å². The van der Waals surface area contributed by atoms with Crippen molar-refractivity contribution in [2.75, 3.05) is 11.9 Å². The van der Waals surface area contributed by atoms with Gasteiger partial charge in [-0.05, 0) is 18.2 Å². The molecule has 0 radical (unpaired) electrons. The molecule has 0 unspecified atom stereocenters. The molecule has 0 amide bonds. The molecule has 0 spiro atoms. The summed E-state index contributed by atoms with van der Waals surface area (Å²) < 4.78 is 27.8. The summed E-state index contributed by atoms with van der Waals surface area (Å²) in [4.78, 5) is 29.9. The van der Waals surface area contributed by atoms with Crippen LogP contribution in [-0.2, 0) is 6.42 Å². The molecular formula is C20H15F2N7O2. The number of nitrogens with one attached hydrogen (secondary N) is 2. The first-order valence-electron chi connectivity index (χ1n) is 9.15. The first kappa shape index (κ1) is 20.0. The third-order valence-electron chi connectivity index (χ3n) is 4.43. The Labute approximate surface area is 174 Å². The fourth-order valence-electron chi connectivity index (χ4n) is 2.93. The number of aromatic nitrogens is 5. The zero-order valence-corrected chi connectivity index (χ0v) is 15.9. The monoisotopic (exact) mass is 423 g/mol. The number of imidazole rings is 1. The van der Waals surface area contributed by atoms with Crippen molar-refractivity contribution in [1.29, 1.82) is 0 Å². The number of halogens is 2. The Hall–Kier alpha value is -4.28. The quantitative estimate of drug-likeness (QED) is 0.343. The van der Waals surface area contributed by atoms with Crippen LogP contribution >= 0.6 is 0 Å². The second-order valence-electron chi connectivity index (χ2n) is 6.47. The Balaban J connectivity index is 1.57. The lowest BCUT2D eigenvalue weighted by Crippen LogP contribution is -2.09. The van der Waals surface area contributed by atoms with Crippen molar-refractivity contribution in [3.05, 3.63) is 82.8 Å². The van der Waals surface area contributed by atoms with Crippen LogP contribution in [0.1, 0.15) is 5.82 Å². The number of nitrogens with zero attached hydrogens (tertiary/aromatic N) is 5. The molecule has 2 N–H and O–H groups in total. The smallest absolute Gasteiger partial charge is 0.287 e. The highest BCUT2D eigenvalue weighted by atomic mass is 19.1. The van der Waals surface area contributed by atoms with Crippen LogP contribution in [-0.4, -0.2) is 36.4 Å². The number of nitro groups is 1. The van der Waals surface area contributed by atoms with Crippen molar-refractivity contribution >= 4 is 11.5 Å². The van der Waals surface area contributed by atoms with E-state index in [1.54, 1.807) is 12.4 Å². The average molecular weight is 423 g/mol. The van der Waals surface area contributed by atoms with E-state index < -0.39 is 16.6 Å². The molecule has 156 valence electrons. The third kappa shape index (κ3) is 4.50. The normalized spacial score (nSPS) is 10.8. The molecule has 0 aliphatic heterocycles. The zero-order valence-electron chi connectivity index (χ0n) is 15.9. The molecule has 3 aromatic heterocycles. The predicted octanol–water partition coefficient (Wildman–Crippen LogP) is 3.77. The number of anilines is 1. The predicted molar refractivity (Wildman–Crippen MR) is 108 cm³/mol. The number of hydrogen-bond acceptors (Lipinski definition) is 7. The largest absolute Gasteiger partial charge is 0.370 e. The fourth-order valence-corrected chi connectivity index (χ4v) is 2.93. The Bertz CT molecular complexity index is 1210. The van der Waals surface area contributed by atoms with Gasteiger partial charge in [-0.25, -0.2) is 28.7 Å². The fraction of sp³-hybridized carbons (Fsp3) is 0.100. The maximum absolute atomic E-state index is 14.5. The maximum Gasteiger partial charge on any atom is 0.287 e. The van der Waals surface area contributed by atoms with Gasteiger partial charge in [-0.2, -0.15) is 0 Å². The topological polar surface area (TPSA) is 123 Å². The van der Waals surface area contributed by atoms with Gasteiger partial charge in [-0.3, -0.25) is 10.1 Å². The second kappa shape index (κ2) is 8.61. The van der Waals surface area contributed by atoms with Crippen molar-refractivity contribution in [1.82, 2.24) is 24.9 Å². The second-order valence-corrected chi connectivity index (χ2v) is 6.47. The number of aromatic amines is 1. The lowest BCUT2D eigenvalue weighted by molar-refractivity contribution is -0.385. The summed E-state index contributed by atoms with van der Waals surface area (Å²) in [5.41, 5.74) is 1.46. The first-order chi connectivity index (χ1) is 15.0. The van der Waals surface area contributed by atoms with Crippen molar-refractivity contribution in [3.63, 3.8) is 0 Å². The van der Waals surface area contributed by atoms with Crippen molar-refractivity contribution < 1.29 is 13.7 Å². The zero-order chi connectivity index (χ0) is 21.8. The van der Waals surface area contributed by atoms with Gasteiger partial charge in [-0.15, -0.1) is 0 Å². The van der Waals surface area contributed by atoms with Crippen LogP contribution in [0.25, 0.3) is 22.5 Å². The van der Waals surface area contributed by atoms with Gasteiger partial charge in [0.2, 0.25) is 0 Å². The highest BCUT2D eigenvalue weighted by Crippen LogP contribution is 2.30. The first-order valence-corrected chi connectivity index (χ1v) is 9.15. The van der Waals surface area contributed by atoms with E-state index in [0.29, 0.717) is 41.6 Å². The Morgan fingerprint density at radius 2 is 1.94 bits per heavy atom. The molecule has 3 heterocycles. The Morgan fingerprint density at radius 3 is 2.61 bits per heavy atom. The van der Waals surface area contributed by atoms with Crippen LogP contribution < -0.4 is 5.32 Å². The number of H-pyrrole nitrogens is 1. The highest BCUT2D eigenvalue weighted by Gasteiger charge is 2.16. The molecule has 0 bridgehead atoms. The summed E-state index contributed by atoms with van der Waals surface area (Å²) in [6.07, 6.45) is 6.13. The number of rotatable bonds is 7. The van der Waals surface area contributed by atoms with E-state index in [-0.39, 0.29) is 11.3 Å². The summed E-state index contributed by atoms with van der Waals surface area (Å²) in [5, 5.41) is 13.7. The Kier molecular flexibility index (Phi) is 5.56. The molecule has 1 aromatic carbocycles. The van der Waals surface area contributed by atoms with Crippen LogP contribution in [0.3, 0.4) is 0 Å². The molecule has 4 aromatic rings. The van der Waals surface area contributed by atoms with E-state index in [2.05, 4.69) is 30.2 Å². The van der Waals surface area contributed by atoms with E-state index in [1.807, 2.05) is 0 Å². The van der Waals surface area contributed by atoms with E-state index >= 15 is 0 Å². The van der Waals surface area contributed by atoms with E-state index in [4.69, 9.17) is 0 Å². The molecule has 0 aliphatic rings.